The third-order valence-corrected chi connectivity index (χ3v) is 3.64. The summed E-state index contributed by atoms with van der Waals surface area (Å²) in [6.07, 6.45) is 7.44. The molecule has 2 aromatic rings. The van der Waals surface area contributed by atoms with Crippen LogP contribution in [0.2, 0.25) is 0 Å². The standard InChI is InChI=1S/C14H17N5O2/c20-14(21)11-9-10-3-1-2-4-12(10)17-13(11)15-5-7-19-8-6-16-18-19/h6,8-9H,1-5,7H2,(H,15,17)(H,20,21). The number of aromatic carboxylic acids is 1. The average molecular weight is 287 g/mol. The third kappa shape index (κ3) is 3.01. The predicted molar refractivity (Wildman–Crippen MR) is 76.4 cm³/mol. The molecular formula is C14H17N5O2. The van der Waals surface area contributed by atoms with E-state index in [4.69, 9.17) is 0 Å². The number of rotatable bonds is 5. The monoisotopic (exact) mass is 287 g/mol. The topological polar surface area (TPSA) is 92.9 Å². The van der Waals surface area contributed by atoms with Crippen molar-refractivity contribution in [1.82, 2.24) is 20.0 Å². The van der Waals surface area contributed by atoms with Gasteiger partial charge >= 0.3 is 5.97 Å². The van der Waals surface area contributed by atoms with Gasteiger partial charge in [-0.25, -0.2) is 9.78 Å². The van der Waals surface area contributed by atoms with E-state index in [1.165, 1.54) is 0 Å². The molecule has 1 aliphatic rings. The van der Waals surface area contributed by atoms with Crippen LogP contribution in [0.5, 0.6) is 0 Å². The SMILES string of the molecule is O=C(O)c1cc2c(nc1NCCn1ccnn1)CCCC2. The fourth-order valence-electron chi connectivity index (χ4n) is 2.57. The van der Waals surface area contributed by atoms with E-state index in [0.717, 1.165) is 36.9 Å². The highest BCUT2D eigenvalue weighted by Crippen LogP contribution is 2.24. The summed E-state index contributed by atoms with van der Waals surface area (Å²) in [6, 6.07) is 1.77. The van der Waals surface area contributed by atoms with Crippen molar-refractivity contribution >= 4 is 11.8 Å². The molecule has 1 aliphatic carbocycles. The van der Waals surface area contributed by atoms with Gasteiger partial charge in [0, 0.05) is 18.4 Å². The van der Waals surface area contributed by atoms with Crippen molar-refractivity contribution in [3.63, 3.8) is 0 Å². The highest BCUT2D eigenvalue weighted by Gasteiger charge is 2.18. The van der Waals surface area contributed by atoms with E-state index in [-0.39, 0.29) is 5.56 Å². The van der Waals surface area contributed by atoms with Gasteiger partial charge in [-0.05, 0) is 37.3 Å². The molecule has 2 N–H and O–H groups in total. The lowest BCUT2D eigenvalue weighted by atomic mass is 9.95. The Morgan fingerprint density at radius 2 is 2.24 bits per heavy atom. The van der Waals surface area contributed by atoms with Gasteiger partial charge in [-0.15, -0.1) is 5.10 Å². The Balaban J connectivity index is 1.77. The van der Waals surface area contributed by atoms with Crippen LogP contribution >= 0.6 is 0 Å². The Labute approximate surface area is 122 Å². The van der Waals surface area contributed by atoms with Crippen LogP contribution in [-0.4, -0.2) is 37.6 Å². The van der Waals surface area contributed by atoms with E-state index in [9.17, 15) is 9.90 Å². The number of aryl methyl sites for hydroxylation is 2. The van der Waals surface area contributed by atoms with Crippen molar-refractivity contribution in [2.45, 2.75) is 32.2 Å². The number of nitrogens with one attached hydrogen (secondary N) is 1. The summed E-state index contributed by atoms with van der Waals surface area (Å²) in [7, 11) is 0. The molecule has 0 radical (unpaired) electrons. The number of hydrogen-bond acceptors (Lipinski definition) is 5. The predicted octanol–water partition coefficient (Wildman–Crippen LogP) is 1.36. The molecule has 0 saturated heterocycles. The number of carbonyl (C=O) groups is 1. The summed E-state index contributed by atoms with van der Waals surface area (Å²) in [5.41, 5.74) is 2.34. The molecule has 0 fully saturated rings. The van der Waals surface area contributed by atoms with Gasteiger partial charge in [-0.2, -0.15) is 0 Å². The minimum Gasteiger partial charge on any atom is -0.478 e. The molecule has 7 nitrogen and oxygen atoms in total. The van der Waals surface area contributed by atoms with E-state index in [1.54, 1.807) is 23.1 Å². The van der Waals surface area contributed by atoms with Crippen LogP contribution in [0.3, 0.4) is 0 Å². The van der Waals surface area contributed by atoms with Crippen molar-refractivity contribution in [1.29, 1.82) is 0 Å². The van der Waals surface area contributed by atoms with E-state index in [1.807, 2.05) is 0 Å². The molecule has 0 unspecified atom stereocenters. The fourth-order valence-corrected chi connectivity index (χ4v) is 2.57. The third-order valence-electron chi connectivity index (χ3n) is 3.64. The maximum absolute atomic E-state index is 11.4. The van der Waals surface area contributed by atoms with E-state index < -0.39 is 5.97 Å². The number of pyridine rings is 1. The quantitative estimate of drug-likeness (QED) is 0.862. The van der Waals surface area contributed by atoms with Crippen LogP contribution in [-0.2, 0) is 19.4 Å². The lowest BCUT2D eigenvalue weighted by molar-refractivity contribution is 0.0697. The summed E-state index contributed by atoms with van der Waals surface area (Å²) < 4.78 is 1.69. The molecule has 2 heterocycles. The zero-order valence-electron chi connectivity index (χ0n) is 11.6. The second-order valence-corrected chi connectivity index (χ2v) is 5.10. The maximum atomic E-state index is 11.4. The molecule has 0 aromatic carbocycles. The fraction of sp³-hybridized carbons (Fsp3) is 0.429. The Kier molecular flexibility index (Phi) is 3.81. The first kappa shape index (κ1) is 13.5. The normalized spacial score (nSPS) is 13.7. The molecule has 0 bridgehead atoms. The van der Waals surface area contributed by atoms with Crippen LogP contribution in [0.4, 0.5) is 5.82 Å². The van der Waals surface area contributed by atoms with Crippen LogP contribution in [0.25, 0.3) is 0 Å². The van der Waals surface area contributed by atoms with Crippen LogP contribution in [0.1, 0.15) is 34.5 Å². The average Bonchev–Trinajstić information content (AvgIpc) is 2.99. The molecular weight excluding hydrogens is 270 g/mol. The maximum Gasteiger partial charge on any atom is 0.339 e. The van der Waals surface area contributed by atoms with Gasteiger partial charge in [0.05, 0.1) is 12.7 Å². The number of anilines is 1. The van der Waals surface area contributed by atoms with Crippen molar-refractivity contribution in [2.75, 3.05) is 11.9 Å². The summed E-state index contributed by atoms with van der Waals surface area (Å²) in [6.45, 7) is 1.16. The van der Waals surface area contributed by atoms with Gasteiger partial charge < -0.3 is 10.4 Å². The zero-order chi connectivity index (χ0) is 14.7. The number of aromatic nitrogens is 4. The lowest BCUT2D eigenvalue weighted by Crippen LogP contribution is -2.17. The number of nitrogens with zero attached hydrogens (tertiary/aromatic N) is 4. The zero-order valence-corrected chi connectivity index (χ0v) is 11.6. The number of hydrogen-bond donors (Lipinski definition) is 2. The summed E-state index contributed by atoms with van der Waals surface area (Å²) in [5, 5.41) is 20.0. The molecule has 0 aliphatic heterocycles. The largest absolute Gasteiger partial charge is 0.478 e. The molecule has 3 rings (SSSR count). The Bertz CT molecular complexity index is 639. The van der Waals surface area contributed by atoms with Crippen molar-refractivity contribution in [3.05, 3.63) is 35.3 Å². The molecule has 0 saturated carbocycles. The highest BCUT2D eigenvalue weighted by molar-refractivity contribution is 5.93. The molecule has 0 spiro atoms. The van der Waals surface area contributed by atoms with Gasteiger partial charge in [0.15, 0.2) is 0 Å². The van der Waals surface area contributed by atoms with Crippen molar-refractivity contribution in [2.24, 2.45) is 0 Å². The minimum absolute atomic E-state index is 0.245. The smallest absolute Gasteiger partial charge is 0.339 e. The van der Waals surface area contributed by atoms with E-state index in [0.29, 0.717) is 18.9 Å². The number of carboxylic acid groups (broad SMARTS) is 1. The molecule has 7 heteroatoms. The van der Waals surface area contributed by atoms with Gasteiger partial charge in [-0.3, -0.25) is 4.68 Å². The minimum atomic E-state index is -0.945. The van der Waals surface area contributed by atoms with Gasteiger partial charge in [0.25, 0.3) is 0 Å². The Morgan fingerprint density at radius 1 is 1.38 bits per heavy atom. The highest BCUT2D eigenvalue weighted by atomic mass is 16.4. The molecule has 21 heavy (non-hydrogen) atoms. The number of fused-ring (bicyclic) bond motifs is 1. The van der Waals surface area contributed by atoms with Crippen molar-refractivity contribution in [3.8, 4) is 0 Å². The Morgan fingerprint density at radius 3 is 3.00 bits per heavy atom. The molecule has 2 aromatic heterocycles. The summed E-state index contributed by atoms with van der Waals surface area (Å²) >= 11 is 0. The van der Waals surface area contributed by atoms with Crippen LogP contribution in [0.15, 0.2) is 18.5 Å². The second kappa shape index (κ2) is 5.90. The molecule has 0 atom stereocenters. The first-order chi connectivity index (χ1) is 10.2. The summed E-state index contributed by atoms with van der Waals surface area (Å²) in [4.78, 5) is 15.9. The van der Waals surface area contributed by atoms with Gasteiger partial charge in [-0.1, -0.05) is 5.21 Å². The first-order valence-electron chi connectivity index (χ1n) is 7.08. The molecule has 0 amide bonds. The first-order valence-corrected chi connectivity index (χ1v) is 7.08. The van der Waals surface area contributed by atoms with Crippen LogP contribution in [0, 0.1) is 0 Å². The second-order valence-electron chi connectivity index (χ2n) is 5.10. The van der Waals surface area contributed by atoms with Crippen molar-refractivity contribution < 1.29 is 9.90 Å². The lowest BCUT2D eigenvalue weighted by Gasteiger charge is -2.18. The van der Waals surface area contributed by atoms with E-state index >= 15 is 0 Å². The van der Waals surface area contributed by atoms with E-state index in [2.05, 4.69) is 20.6 Å². The van der Waals surface area contributed by atoms with Crippen LogP contribution < -0.4 is 5.32 Å². The van der Waals surface area contributed by atoms with Gasteiger partial charge in [0.2, 0.25) is 0 Å². The Hall–Kier alpha value is -2.44. The number of carboxylic acids is 1. The summed E-state index contributed by atoms with van der Waals surface area (Å²) in [5.74, 6) is -0.498. The molecule has 110 valence electrons. The van der Waals surface area contributed by atoms with Gasteiger partial charge in [0.1, 0.15) is 11.4 Å².